The zero-order valence-corrected chi connectivity index (χ0v) is 17.6. The van der Waals surface area contributed by atoms with E-state index in [1.54, 1.807) is 6.20 Å². The number of aromatic nitrogens is 3. The number of pyridine rings is 1. The van der Waals surface area contributed by atoms with Crippen molar-refractivity contribution in [3.8, 4) is 5.88 Å². The summed E-state index contributed by atoms with van der Waals surface area (Å²) < 4.78 is 11.4. The number of azo groups is 1. The van der Waals surface area contributed by atoms with Crippen LogP contribution in [0.3, 0.4) is 0 Å². The van der Waals surface area contributed by atoms with E-state index in [1.165, 1.54) is 0 Å². The summed E-state index contributed by atoms with van der Waals surface area (Å²) in [7, 11) is 0. The zero-order chi connectivity index (χ0) is 21.3. The largest absolute Gasteiger partial charge is 0.477 e. The minimum atomic E-state index is 0.352. The first kappa shape index (κ1) is 20.9. The molecule has 8 nitrogen and oxygen atoms in total. The van der Waals surface area contributed by atoms with Crippen LogP contribution in [0.4, 0.5) is 11.6 Å². The highest BCUT2D eigenvalue weighted by molar-refractivity contribution is 5.39. The fourth-order valence-corrected chi connectivity index (χ4v) is 3.20. The molecule has 1 aliphatic rings. The van der Waals surface area contributed by atoms with Crippen molar-refractivity contribution in [1.82, 2.24) is 15.0 Å². The molecule has 4 rings (SSSR count). The molecular weight excluding hydrogens is 392 g/mol. The van der Waals surface area contributed by atoms with E-state index in [-0.39, 0.29) is 0 Å². The minimum absolute atomic E-state index is 0.352. The normalized spacial score (nSPS) is 14.2. The van der Waals surface area contributed by atoms with E-state index in [0.717, 1.165) is 35.7 Å². The lowest BCUT2D eigenvalue weighted by Crippen LogP contribution is -2.37. The third-order valence-electron chi connectivity index (χ3n) is 4.79. The molecule has 0 spiro atoms. The molecule has 8 heteroatoms. The number of morpholine rings is 1. The van der Waals surface area contributed by atoms with Gasteiger partial charge in [-0.05, 0) is 36.8 Å². The Morgan fingerprint density at radius 1 is 1.03 bits per heavy atom. The molecule has 1 fully saturated rings. The van der Waals surface area contributed by atoms with Crippen LogP contribution >= 0.6 is 0 Å². The molecule has 0 radical (unpaired) electrons. The van der Waals surface area contributed by atoms with Gasteiger partial charge in [0.1, 0.15) is 6.54 Å². The summed E-state index contributed by atoms with van der Waals surface area (Å²) in [6, 6.07) is 15.6. The van der Waals surface area contributed by atoms with Crippen molar-refractivity contribution in [1.29, 1.82) is 0 Å². The van der Waals surface area contributed by atoms with Gasteiger partial charge in [-0.2, -0.15) is 15.2 Å². The number of hydrogen-bond acceptors (Lipinski definition) is 8. The van der Waals surface area contributed by atoms with Gasteiger partial charge in [-0.15, -0.1) is 0 Å². The number of rotatable bonds is 8. The van der Waals surface area contributed by atoms with Gasteiger partial charge in [0.05, 0.1) is 31.2 Å². The summed E-state index contributed by atoms with van der Waals surface area (Å²) in [4.78, 5) is 15.7. The maximum absolute atomic E-state index is 5.94. The third kappa shape index (κ3) is 6.29. The van der Waals surface area contributed by atoms with Crippen LogP contribution < -0.4 is 9.64 Å². The first-order valence-corrected chi connectivity index (χ1v) is 10.4. The lowest BCUT2D eigenvalue weighted by molar-refractivity contribution is 0.122. The van der Waals surface area contributed by atoms with Crippen molar-refractivity contribution in [2.75, 3.05) is 37.8 Å². The van der Waals surface area contributed by atoms with E-state index in [4.69, 9.17) is 9.47 Å². The van der Waals surface area contributed by atoms with Gasteiger partial charge in [0.2, 0.25) is 11.8 Å². The predicted molar refractivity (Wildman–Crippen MR) is 118 cm³/mol. The first-order chi connectivity index (χ1) is 15.3. The summed E-state index contributed by atoms with van der Waals surface area (Å²) in [5, 5.41) is 8.65. The molecule has 1 saturated heterocycles. The van der Waals surface area contributed by atoms with E-state index in [1.807, 2.05) is 55.5 Å². The lowest BCUT2D eigenvalue weighted by atomic mass is 10.2. The van der Waals surface area contributed by atoms with E-state index >= 15 is 0 Å². The molecule has 0 N–H and O–H groups in total. The SMILES string of the molecule is Cc1cccc(N=NCc2cc(OCCc3ccccn3)nc(N3CCOCC3)n2)c1. The third-order valence-corrected chi connectivity index (χ3v) is 4.79. The van der Waals surface area contributed by atoms with Gasteiger partial charge in [-0.25, -0.2) is 4.98 Å². The average Bonchev–Trinajstić information content (AvgIpc) is 2.80. The molecule has 3 heterocycles. The highest BCUT2D eigenvalue weighted by Gasteiger charge is 2.16. The van der Waals surface area contributed by atoms with E-state index < -0.39 is 0 Å². The fourth-order valence-electron chi connectivity index (χ4n) is 3.20. The van der Waals surface area contributed by atoms with Crippen molar-refractivity contribution in [2.45, 2.75) is 19.9 Å². The maximum atomic E-state index is 5.94. The van der Waals surface area contributed by atoms with Crippen molar-refractivity contribution in [3.05, 3.63) is 71.7 Å². The van der Waals surface area contributed by atoms with Crippen molar-refractivity contribution in [2.24, 2.45) is 10.2 Å². The maximum Gasteiger partial charge on any atom is 0.229 e. The average molecular weight is 419 g/mol. The standard InChI is InChI=1S/C23H26N6O2/c1-18-5-4-7-20(15-18)28-25-17-21-16-22(31-12-8-19-6-2-3-9-24-19)27-23(26-21)29-10-13-30-14-11-29/h2-7,9,15-16H,8,10-14,17H2,1H3. The Morgan fingerprint density at radius 3 is 2.74 bits per heavy atom. The zero-order valence-electron chi connectivity index (χ0n) is 17.6. The van der Waals surface area contributed by atoms with Crippen molar-refractivity contribution < 1.29 is 9.47 Å². The first-order valence-electron chi connectivity index (χ1n) is 10.4. The number of aryl methyl sites for hydroxylation is 1. The Morgan fingerprint density at radius 2 is 1.94 bits per heavy atom. The molecule has 0 saturated carbocycles. The van der Waals surface area contributed by atoms with Crippen LogP contribution in [0, 0.1) is 6.92 Å². The Labute approximate surface area is 182 Å². The van der Waals surface area contributed by atoms with E-state index in [0.29, 0.717) is 44.6 Å². The Bertz CT molecular complexity index is 1010. The monoisotopic (exact) mass is 418 g/mol. The summed E-state index contributed by atoms with van der Waals surface area (Å²) in [5.74, 6) is 1.17. The minimum Gasteiger partial charge on any atom is -0.477 e. The molecule has 0 aliphatic carbocycles. The second-order valence-electron chi connectivity index (χ2n) is 7.26. The van der Waals surface area contributed by atoms with Gasteiger partial charge in [0, 0.05) is 37.5 Å². The van der Waals surface area contributed by atoms with Crippen LogP contribution in [0.1, 0.15) is 17.0 Å². The molecule has 2 aromatic heterocycles. The predicted octanol–water partition coefficient (Wildman–Crippen LogP) is 3.92. The van der Waals surface area contributed by atoms with Crippen LogP contribution in [0.5, 0.6) is 5.88 Å². The fraction of sp³-hybridized carbons (Fsp3) is 0.348. The second-order valence-corrected chi connectivity index (χ2v) is 7.26. The number of benzene rings is 1. The van der Waals surface area contributed by atoms with Gasteiger partial charge in [-0.3, -0.25) is 4.98 Å². The summed E-state index contributed by atoms with van der Waals surface area (Å²) in [6.07, 6.45) is 2.49. The molecule has 0 atom stereocenters. The van der Waals surface area contributed by atoms with Crippen LogP contribution in [0.15, 0.2) is 65.0 Å². The number of nitrogens with zero attached hydrogens (tertiary/aromatic N) is 6. The molecule has 3 aromatic rings. The van der Waals surface area contributed by atoms with Crippen molar-refractivity contribution in [3.63, 3.8) is 0 Å². The van der Waals surface area contributed by atoms with Crippen molar-refractivity contribution >= 4 is 11.6 Å². The van der Waals surface area contributed by atoms with Gasteiger partial charge in [-0.1, -0.05) is 18.2 Å². The molecule has 160 valence electrons. The number of ether oxygens (including phenoxy) is 2. The molecule has 0 bridgehead atoms. The highest BCUT2D eigenvalue weighted by atomic mass is 16.5. The van der Waals surface area contributed by atoms with Crippen LogP contribution in [0.2, 0.25) is 0 Å². The van der Waals surface area contributed by atoms with E-state index in [9.17, 15) is 0 Å². The summed E-state index contributed by atoms with van der Waals surface area (Å²) >= 11 is 0. The quantitative estimate of drug-likeness (QED) is 0.516. The van der Waals surface area contributed by atoms with E-state index in [2.05, 4.69) is 30.1 Å². The Kier molecular flexibility index (Phi) is 7.12. The van der Waals surface area contributed by atoms with Gasteiger partial charge >= 0.3 is 0 Å². The second kappa shape index (κ2) is 10.6. The lowest BCUT2D eigenvalue weighted by Gasteiger charge is -2.27. The molecule has 31 heavy (non-hydrogen) atoms. The summed E-state index contributed by atoms with van der Waals surface area (Å²) in [5.41, 5.74) is 3.73. The molecular formula is C23H26N6O2. The number of hydrogen-bond donors (Lipinski definition) is 0. The Balaban J connectivity index is 1.46. The molecule has 0 unspecified atom stereocenters. The molecule has 0 amide bonds. The molecule has 1 aromatic carbocycles. The van der Waals surface area contributed by atoms with Crippen LogP contribution in [0.25, 0.3) is 0 Å². The molecule has 1 aliphatic heterocycles. The topological polar surface area (TPSA) is 85.1 Å². The van der Waals surface area contributed by atoms with Crippen LogP contribution in [-0.4, -0.2) is 47.9 Å². The van der Waals surface area contributed by atoms with Gasteiger partial charge in [0.15, 0.2) is 0 Å². The number of anilines is 1. The highest BCUT2D eigenvalue weighted by Crippen LogP contribution is 2.19. The summed E-state index contributed by atoms with van der Waals surface area (Å²) in [6.45, 7) is 5.70. The smallest absolute Gasteiger partial charge is 0.229 e. The Hall–Kier alpha value is -3.39. The van der Waals surface area contributed by atoms with Gasteiger partial charge in [0.25, 0.3) is 0 Å². The van der Waals surface area contributed by atoms with Gasteiger partial charge < -0.3 is 14.4 Å². The van der Waals surface area contributed by atoms with Crippen LogP contribution in [-0.2, 0) is 17.7 Å².